The van der Waals surface area contributed by atoms with Crippen LogP contribution in [0.15, 0.2) is 52.4 Å². The summed E-state index contributed by atoms with van der Waals surface area (Å²) >= 11 is 1.48. The van der Waals surface area contributed by atoms with Crippen LogP contribution in [0.25, 0.3) is 16.6 Å². The smallest absolute Gasteiger partial charge is 0.409 e. The van der Waals surface area contributed by atoms with Gasteiger partial charge in [0.1, 0.15) is 6.61 Å². The van der Waals surface area contributed by atoms with Crippen LogP contribution in [-0.4, -0.2) is 46.0 Å². The molecule has 0 radical (unpaired) electrons. The van der Waals surface area contributed by atoms with Gasteiger partial charge in [-0.2, -0.15) is 0 Å². The van der Waals surface area contributed by atoms with Gasteiger partial charge in [0, 0.05) is 12.3 Å². The summed E-state index contributed by atoms with van der Waals surface area (Å²) in [6.45, 7) is 5.64. The van der Waals surface area contributed by atoms with Crippen LogP contribution >= 0.6 is 11.8 Å². The van der Waals surface area contributed by atoms with Crippen molar-refractivity contribution in [1.82, 2.24) is 14.5 Å². The van der Waals surface area contributed by atoms with Crippen molar-refractivity contribution in [3.05, 3.63) is 63.9 Å². The van der Waals surface area contributed by atoms with Crippen molar-refractivity contribution < 1.29 is 9.53 Å². The molecule has 28 heavy (non-hydrogen) atoms. The molecule has 1 saturated heterocycles. The Labute approximate surface area is 167 Å². The fourth-order valence-corrected chi connectivity index (χ4v) is 4.24. The number of ether oxygens (including phenoxy) is 1. The van der Waals surface area contributed by atoms with Crippen LogP contribution in [0.1, 0.15) is 11.1 Å². The number of amides is 1. The van der Waals surface area contributed by atoms with Crippen LogP contribution in [0.4, 0.5) is 4.79 Å². The van der Waals surface area contributed by atoms with Crippen LogP contribution in [0, 0.1) is 13.8 Å². The maximum Gasteiger partial charge on any atom is 0.409 e. The number of aryl methyl sites for hydroxylation is 1. The van der Waals surface area contributed by atoms with Gasteiger partial charge in [0.05, 0.1) is 23.1 Å². The maximum atomic E-state index is 13.3. The van der Waals surface area contributed by atoms with Gasteiger partial charge in [0.25, 0.3) is 5.56 Å². The predicted octanol–water partition coefficient (Wildman–Crippen LogP) is 3.55. The van der Waals surface area contributed by atoms with Crippen molar-refractivity contribution in [3.63, 3.8) is 0 Å². The second kappa shape index (κ2) is 7.67. The second-order valence-corrected chi connectivity index (χ2v) is 7.78. The van der Waals surface area contributed by atoms with E-state index in [1.54, 1.807) is 15.5 Å². The first-order chi connectivity index (χ1) is 13.6. The van der Waals surface area contributed by atoms with Gasteiger partial charge >= 0.3 is 6.09 Å². The molecule has 0 spiro atoms. The van der Waals surface area contributed by atoms with E-state index in [9.17, 15) is 9.59 Å². The van der Waals surface area contributed by atoms with Crippen molar-refractivity contribution in [3.8, 4) is 5.69 Å². The molecule has 7 heteroatoms. The number of rotatable bonds is 5. The fourth-order valence-electron chi connectivity index (χ4n) is 3.28. The number of fused-ring (bicyclic) bond motifs is 1. The maximum absolute atomic E-state index is 13.3. The third-order valence-corrected chi connectivity index (χ3v) is 5.92. The molecule has 1 aliphatic heterocycles. The van der Waals surface area contributed by atoms with Gasteiger partial charge in [-0.3, -0.25) is 9.36 Å². The molecule has 144 valence electrons. The SMILES string of the molecule is Cc1cccc(-n2c(SCCN3CCOC3=O)nc3ccccc3c2=O)c1C. The summed E-state index contributed by atoms with van der Waals surface area (Å²) in [6.07, 6.45) is -0.279. The lowest BCUT2D eigenvalue weighted by Crippen LogP contribution is -2.27. The van der Waals surface area contributed by atoms with Crippen LogP contribution in [0.2, 0.25) is 0 Å². The molecule has 1 aromatic heterocycles. The average molecular weight is 395 g/mol. The van der Waals surface area contributed by atoms with E-state index in [0.29, 0.717) is 41.5 Å². The first-order valence-corrected chi connectivity index (χ1v) is 10.2. The summed E-state index contributed by atoms with van der Waals surface area (Å²) in [5.74, 6) is 0.630. The molecular weight excluding hydrogens is 374 g/mol. The van der Waals surface area contributed by atoms with Crippen molar-refractivity contribution in [2.45, 2.75) is 19.0 Å². The zero-order chi connectivity index (χ0) is 19.7. The zero-order valence-electron chi connectivity index (χ0n) is 15.8. The number of hydrogen-bond acceptors (Lipinski definition) is 5. The topological polar surface area (TPSA) is 64.4 Å². The summed E-state index contributed by atoms with van der Waals surface area (Å²) in [6, 6.07) is 13.3. The first kappa shape index (κ1) is 18.6. The zero-order valence-corrected chi connectivity index (χ0v) is 16.7. The third kappa shape index (κ3) is 3.38. The number of carbonyl (C=O) groups is 1. The number of benzene rings is 2. The van der Waals surface area contributed by atoms with E-state index in [4.69, 9.17) is 9.72 Å². The minimum atomic E-state index is -0.279. The molecule has 0 atom stereocenters. The number of hydrogen-bond donors (Lipinski definition) is 0. The molecule has 6 nitrogen and oxygen atoms in total. The van der Waals surface area contributed by atoms with E-state index < -0.39 is 0 Å². The molecule has 0 bridgehead atoms. The number of aromatic nitrogens is 2. The average Bonchev–Trinajstić information content (AvgIpc) is 3.10. The Balaban J connectivity index is 1.76. The quantitative estimate of drug-likeness (QED) is 0.488. The van der Waals surface area contributed by atoms with E-state index >= 15 is 0 Å². The Morgan fingerprint density at radius 1 is 1.11 bits per heavy atom. The largest absolute Gasteiger partial charge is 0.448 e. The highest BCUT2D eigenvalue weighted by molar-refractivity contribution is 7.99. The number of carbonyl (C=O) groups excluding carboxylic acids is 1. The van der Waals surface area contributed by atoms with E-state index in [0.717, 1.165) is 16.8 Å². The lowest BCUT2D eigenvalue weighted by Gasteiger charge is -2.17. The summed E-state index contributed by atoms with van der Waals surface area (Å²) in [5, 5.41) is 1.22. The van der Waals surface area contributed by atoms with Crippen molar-refractivity contribution >= 4 is 28.8 Å². The molecule has 0 N–H and O–H groups in total. The van der Waals surface area contributed by atoms with E-state index in [1.165, 1.54) is 11.8 Å². The molecular formula is C21H21N3O3S. The molecule has 2 heterocycles. The highest BCUT2D eigenvalue weighted by Gasteiger charge is 2.22. The normalized spacial score (nSPS) is 13.9. The number of para-hydroxylation sites is 1. The summed E-state index contributed by atoms with van der Waals surface area (Å²) in [4.78, 5) is 31.4. The van der Waals surface area contributed by atoms with Gasteiger partial charge in [0.2, 0.25) is 0 Å². The van der Waals surface area contributed by atoms with Crippen molar-refractivity contribution in [2.24, 2.45) is 0 Å². The number of nitrogens with zero attached hydrogens (tertiary/aromatic N) is 3. The van der Waals surface area contributed by atoms with Crippen LogP contribution in [0.5, 0.6) is 0 Å². The van der Waals surface area contributed by atoms with Gasteiger partial charge in [0.15, 0.2) is 5.16 Å². The highest BCUT2D eigenvalue weighted by Crippen LogP contribution is 2.24. The Morgan fingerprint density at radius 2 is 1.93 bits per heavy atom. The molecule has 1 amide bonds. The van der Waals surface area contributed by atoms with Gasteiger partial charge in [-0.05, 0) is 43.2 Å². The molecule has 1 aliphatic rings. The van der Waals surface area contributed by atoms with E-state index in [1.807, 2.05) is 50.2 Å². The van der Waals surface area contributed by atoms with E-state index in [2.05, 4.69) is 0 Å². The standard InChI is InChI=1S/C21H21N3O3S/c1-14-6-5-9-18(15(14)2)24-19(25)16-7-3-4-8-17(16)22-20(24)28-13-11-23-10-12-27-21(23)26/h3-9H,10-13H2,1-2H3. The fraction of sp³-hybridized carbons (Fsp3) is 0.286. The lowest BCUT2D eigenvalue weighted by atomic mass is 10.1. The molecule has 1 fully saturated rings. The minimum absolute atomic E-state index is 0.0811. The first-order valence-electron chi connectivity index (χ1n) is 9.19. The highest BCUT2D eigenvalue weighted by atomic mass is 32.2. The Kier molecular flexibility index (Phi) is 5.09. The van der Waals surface area contributed by atoms with Crippen LogP contribution in [0.3, 0.4) is 0 Å². The molecule has 0 saturated carbocycles. The summed E-state index contributed by atoms with van der Waals surface area (Å²) < 4.78 is 6.67. The van der Waals surface area contributed by atoms with Gasteiger partial charge < -0.3 is 9.64 Å². The second-order valence-electron chi connectivity index (χ2n) is 6.72. The Hall–Kier alpha value is -2.80. The summed E-state index contributed by atoms with van der Waals surface area (Å²) in [5.41, 5.74) is 3.60. The third-order valence-electron chi connectivity index (χ3n) is 5.00. The number of cyclic esters (lactones) is 1. The van der Waals surface area contributed by atoms with Crippen molar-refractivity contribution in [2.75, 3.05) is 25.4 Å². The van der Waals surface area contributed by atoms with Gasteiger partial charge in [-0.15, -0.1) is 0 Å². The van der Waals surface area contributed by atoms with E-state index in [-0.39, 0.29) is 11.7 Å². The molecule has 4 rings (SSSR count). The number of thioether (sulfide) groups is 1. The lowest BCUT2D eigenvalue weighted by molar-refractivity contribution is 0.160. The monoisotopic (exact) mass is 395 g/mol. The van der Waals surface area contributed by atoms with Gasteiger partial charge in [-0.25, -0.2) is 9.78 Å². The predicted molar refractivity (Wildman–Crippen MR) is 110 cm³/mol. The van der Waals surface area contributed by atoms with Gasteiger partial charge in [-0.1, -0.05) is 36.0 Å². The van der Waals surface area contributed by atoms with Crippen LogP contribution < -0.4 is 5.56 Å². The van der Waals surface area contributed by atoms with Crippen molar-refractivity contribution in [1.29, 1.82) is 0 Å². The Bertz CT molecular complexity index is 1110. The molecule has 3 aromatic rings. The molecule has 2 aromatic carbocycles. The summed E-state index contributed by atoms with van der Waals surface area (Å²) in [7, 11) is 0. The van der Waals surface area contributed by atoms with Crippen LogP contribution in [-0.2, 0) is 4.74 Å². The minimum Gasteiger partial charge on any atom is -0.448 e. The molecule has 0 unspecified atom stereocenters. The molecule has 0 aliphatic carbocycles. The Morgan fingerprint density at radius 3 is 2.71 bits per heavy atom.